The fraction of sp³-hybridized carbons (Fsp3) is 0.345. The van der Waals surface area contributed by atoms with Crippen molar-refractivity contribution in [3.8, 4) is 34.1 Å². The van der Waals surface area contributed by atoms with Crippen LogP contribution < -0.4 is 30.1 Å². The van der Waals surface area contributed by atoms with Gasteiger partial charge in [-0.25, -0.2) is 0 Å². The summed E-state index contributed by atoms with van der Waals surface area (Å²) in [5, 5.41) is 0. The second-order valence-electron chi connectivity index (χ2n) is 22.4. The molecule has 6 aromatic carbocycles. The first-order valence-corrected chi connectivity index (χ1v) is 21.9. The Balaban J connectivity index is 1.38. The minimum Gasteiger partial charge on any atom is -0.455 e. The fourth-order valence-corrected chi connectivity index (χ4v) is 9.98. The van der Waals surface area contributed by atoms with E-state index in [1.165, 1.54) is 61.1 Å². The molecule has 4 heterocycles. The molecular formula is C55H59BN2O2. The second kappa shape index (κ2) is 12.3. The van der Waals surface area contributed by atoms with Gasteiger partial charge in [-0.2, -0.15) is 0 Å². The van der Waals surface area contributed by atoms with Crippen molar-refractivity contribution in [3.05, 3.63) is 137 Å². The average Bonchev–Trinajstić information content (AvgIpc) is 3.17. The predicted molar refractivity (Wildman–Crippen MR) is 254 cm³/mol. The van der Waals surface area contributed by atoms with E-state index in [9.17, 15) is 0 Å². The molecule has 0 amide bonds. The molecule has 4 nitrogen and oxygen atoms in total. The van der Waals surface area contributed by atoms with Crippen LogP contribution in [-0.2, 0) is 27.1 Å². The maximum absolute atomic E-state index is 7.34. The molecule has 10 rings (SSSR count). The quantitative estimate of drug-likeness (QED) is 0.155. The lowest BCUT2D eigenvalue weighted by Gasteiger charge is -2.50. The Morgan fingerprint density at radius 1 is 0.483 bits per heavy atom. The average molecular weight is 791 g/mol. The van der Waals surface area contributed by atoms with Crippen LogP contribution in [0.5, 0.6) is 23.0 Å². The van der Waals surface area contributed by atoms with Crippen LogP contribution in [0.3, 0.4) is 0 Å². The van der Waals surface area contributed by atoms with Crippen LogP contribution in [0.4, 0.5) is 28.4 Å². The smallest absolute Gasteiger partial charge is 0.333 e. The van der Waals surface area contributed by atoms with Gasteiger partial charge in [0.25, 0.3) is 0 Å². The van der Waals surface area contributed by atoms with Crippen molar-refractivity contribution >= 4 is 46.2 Å². The van der Waals surface area contributed by atoms with Crippen LogP contribution in [0.25, 0.3) is 11.1 Å². The van der Waals surface area contributed by atoms with E-state index in [2.05, 4.69) is 210 Å². The van der Waals surface area contributed by atoms with Gasteiger partial charge in [0, 0.05) is 33.5 Å². The zero-order valence-electron chi connectivity index (χ0n) is 38.1. The van der Waals surface area contributed by atoms with Gasteiger partial charge in [0.15, 0.2) is 11.5 Å². The van der Waals surface area contributed by atoms with Crippen molar-refractivity contribution in [2.24, 2.45) is 0 Å². The van der Waals surface area contributed by atoms with Crippen LogP contribution in [-0.4, -0.2) is 6.85 Å². The van der Waals surface area contributed by atoms with Crippen molar-refractivity contribution in [2.45, 2.75) is 124 Å². The van der Waals surface area contributed by atoms with E-state index in [0.29, 0.717) is 0 Å². The van der Waals surface area contributed by atoms with Crippen molar-refractivity contribution in [1.82, 2.24) is 0 Å². The molecule has 5 heteroatoms. The summed E-state index contributed by atoms with van der Waals surface area (Å²) in [6, 6.07) is 39.3. The molecule has 0 N–H and O–H groups in total. The Morgan fingerprint density at radius 2 is 1.08 bits per heavy atom. The van der Waals surface area contributed by atoms with Crippen molar-refractivity contribution in [2.75, 3.05) is 9.71 Å². The maximum atomic E-state index is 7.34. The van der Waals surface area contributed by atoms with E-state index in [-0.39, 0.29) is 33.9 Å². The minimum atomic E-state index is -0.341. The van der Waals surface area contributed by atoms with Gasteiger partial charge >= 0.3 is 6.85 Å². The Hall–Kier alpha value is -5.42. The highest BCUT2D eigenvalue weighted by atomic mass is 16.5. The molecule has 304 valence electrons. The summed E-state index contributed by atoms with van der Waals surface area (Å²) in [5.41, 5.74) is 17.5. The van der Waals surface area contributed by atoms with Gasteiger partial charge in [0.1, 0.15) is 11.5 Å². The summed E-state index contributed by atoms with van der Waals surface area (Å²) in [6.07, 6.45) is 0. The predicted octanol–water partition coefficient (Wildman–Crippen LogP) is 14.1. The zero-order chi connectivity index (χ0) is 42.6. The Morgan fingerprint density at radius 3 is 1.75 bits per heavy atom. The van der Waals surface area contributed by atoms with Gasteiger partial charge in [-0.15, -0.1) is 0 Å². The molecular weight excluding hydrogens is 731 g/mol. The Kier molecular flexibility index (Phi) is 7.97. The molecule has 0 saturated carbocycles. The number of fused-ring (bicyclic) bond motifs is 9. The van der Waals surface area contributed by atoms with E-state index in [1.807, 2.05) is 0 Å². The molecule has 0 fully saturated rings. The summed E-state index contributed by atoms with van der Waals surface area (Å²) >= 11 is 0. The van der Waals surface area contributed by atoms with Gasteiger partial charge in [-0.05, 0) is 115 Å². The van der Waals surface area contributed by atoms with Crippen LogP contribution >= 0.6 is 0 Å². The lowest BCUT2D eigenvalue weighted by atomic mass is 9.42. The highest BCUT2D eigenvalue weighted by molar-refractivity contribution is 6.94. The normalized spacial score (nSPS) is 15.8. The van der Waals surface area contributed by atoms with Crippen molar-refractivity contribution < 1.29 is 9.47 Å². The molecule has 60 heavy (non-hydrogen) atoms. The number of nitrogens with zero attached hydrogens (tertiary/aromatic N) is 2. The van der Waals surface area contributed by atoms with E-state index in [4.69, 9.17) is 9.47 Å². The number of anilines is 5. The lowest BCUT2D eigenvalue weighted by molar-refractivity contribution is 0.419. The SMILES string of the molecule is CC(C)(C)c1ccc(N2c3cc(C(C)(C)C)ccc3B3c4c(cc5c(c42)Oc2ccccc2C5(C)C)-c2cc(C(C)(C)C)cc4c2N3c2ccc(C(C)(C)C)cc2O4)cc1. The number of ether oxygens (including phenoxy) is 2. The lowest BCUT2D eigenvalue weighted by Crippen LogP contribution is -2.62. The van der Waals surface area contributed by atoms with E-state index < -0.39 is 0 Å². The number of hydrogen-bond donors (Lipinski definition) is 0. The minimum absolute atomic E-state index is 0.0213. The first-order chi connectivity index (χ1) is 28.0. The van der Waals surface area contributed by atoms with Crippen LogP contribution in [0.2, 0.25) is 0 Å². The first-order valence-electron chi connectivity index (χ1n) is 21.9. The highest BCUT2D eigenvalue weighted by Crippen LogP contribution is 2.61. The molecule has 0 radical (unpaired) electrons. The summed E-state index contributed by atoms with van der Waals surface area (Å²) in [4.78, 5) is 5.15. The summed E-state index contributed by atoms with van der Waals surface area (Å²) in [5.74, 6) is 3.66. The third-order valence-corrected chi connectivity index (χ3v) is 13.7. The molecule has 6 aromatic rings. The number of benzene rings is 6. The maximum Gasteiger partial charge on any atom is 0.333 e. The third-order valence-electron chi connectivity index (χ3n) is 13.7. The largest absolute Gasteiger partial charge is 0.455 e. The number of hydrogen-bond acceptors (Lipinski definition) is 4. The molecule has 0 aromatic heterocycles. The number of para-hydroxylation sites is 1. The zero-order valence-corrected chi connectivity index (χ0v) is 38.1. The van der Waals surface area contributed by atoms with Crippen LogP contribution in [0.1, 0.15) is 130 Å². The van der Waals surface area contributed by atoms with Gasteiger partial charge in [-0.1, -0.05) is 145 Å². The van der Waals surface area contributed by atoms with Crippen LogP contribution in [0.15, 0.2) is 103 Å². The topological polar surface area (TPSA) is 24.9 Å². The van der Waals surface area contributed by atoms with Crippen molar-refractivity contribution in [1.29, 1.82) is 0 Å². The second-order valence-corrected chi connectivity index (χ2v) is 22.4. The molecule has 0 bridgehead atoms. The first kappa shape index (κ1) is 38.8. The number of rotatable bonds is 1. The summed E-state index contributed by atoms with van der Waals surface area (Å²) < 4.78 is 14.5. The van der Waals surface area contributed by atoms with Gasteiger partial charge in [-0.3, -0.25) is 0 Å². The fourth-order valence-electron chi connectivity index (χ4n) is 9.98. The van der Waals surface area contributed by atoms with E-state index in [0.717, 1.165) is 45.7 Å². The highest BCUT2D eigenvalue weighted by Gasteiger charge is 2.52. The molecule has 0 aliphatic carbocycles. The van der Waals surface area contributed by atoms with E-state index in [1.54, 1.807) is 0 Å². The molecule has 0 spiro atoms. The molecule has 0 unspecified atom stereocenters. The monoisotopic (exact) mass is 790 g/mol. The van der Waals surface area contributed by atoms with Crippen molar-refractivity contribution in [3.63, 3.8) is 0 Å². The Bertz CT molecular complexity index is 2790. The van der Waals surface area contributed by atoms with Gasteiger partial charge < -0.3 is 19.2 Å². The molecule has 0 saturated heterocycles. The molecule has 0 atom stereocenters. The van der Waals surface area contributed by atoms with Gasteiger partial charge in [0.2, 0.25) is 0 Å². The third kappa shape index (κ3) is 5.63. The summed E-state index contributed by atoms with van der Waals surface area (Å²) in [6.45, 7) is 32.1. The van der Waals surface area contributed by atoms with E-state index >= 15 is 0 Å². The summed E-state index contributed by atoms with van der Waals surface area (Å²) in [7, 11) is 0. The van der Waals surface area contributed by atoms with Crippen LogP contribution in [0, 0.1) is 0 Å². The van der Waals surface area contributed by atoms with Gasteiger partial charge in [0.05, 0.1) is 17.1 Å². The Labute approximate surface area is 358 Å². The standard InChI is InChI=1S/C55H59BN2O2/c1-51(2,3)32-19-23-36(24-20-32)57-43-28-33(52(4,5)6)21-25-41(43)56-47-37(31-40-50(49(47)57)60-44-18-16-15-17-39(44)55(40,13)14)38-27-35(54(10,11)12)30-46-48(38)58(56)42-26-22-34(53(7,8)9)29-45(42)59-46/h15-31H,1-14H3. The molecule has 4 aliphatic heterocycles. The molecule has 4 aliphatic rings.